The highest BCUT2D eigenvalue weighted by atomic mass is 16.5. The number of esters is 1. The van der Waals surface area contributed by atoms with Crippen molar-refractivity contribution in [2.24, 2.45) is 5.11 Å². The van der Waals surface area contributed by atoms with Gasteiger partial charge in [0.1, 0.15) is 5.70 Å². The fourth-order valence-corrected chi connectivity index (χ4v) is 0.470. The fourth-order valence-electron chi connectivity index (χ4n) is 0.470. The zero-order chi connectivity index (χ0) is 8.69. The molecule has 0 saturated heterocycles. The Hall–Kier alpha value is -1.48. The standard InChI is InChI=1S/C6H9N3O2/c1-3-5(8-9-7)6(10)11-4-2/h3H,4H2,1-2H3/b5-3-. The van der Waals surface area contributed by atoms with Gasteiger partial charge in [0.2, 0.25) is 0 Å². The molecule has 0 unspecified atom stereocenters. The molecule has 5 nitrogen and oxygen atoms in total. The first-order valence-electron chi connectivity index (χ1n) is 3.14. The molecule has 0 fully saturated rings. The highest BCUT2D eigenvalue weighted by molar-refractivity contribution is 5.87. The van der Waals surface area contributed by atoms with E-state index < -0.39 is 5.97 Å². The van der Waals surface area contributed by atoms with Gasteiger partial charge in [-0.2, -0.15) is 0 Å². The molecule has 0 bridgehead atoms. The number of carbonyl (C=O) groups is 1. The Morgan fingerprint density at radius 3 is 2.82 bits per heavy atom. The molecule has 5 heteroatoms. The van der Waals surface area contributed by atoms with Crippen LogP contribution in [0.3, 0.4) is 0 Å². The van der Waals surface area contributed by atoms with Gasteiger partial charge in [-0.1, -0.05) is 11.2 Å². The molecule has 0 aliphatic heterocycles. The summed E-state index contributed by atoms with van der Waals surface area (Å²) in [6.45, 7) is 3.55. The van der Waals surface area contributed by atoms with Gasteiger partial charge in [-0.05, 0) is 19.4 Å². The monoisotopic (exact) mass is 155 g/mol. The molecule has 0 atom stereocenters. The number of azide groups is 1. The van der Waals surface area contributed by atoms with Crippen LogP contribution < -0.4 is 0 Å². The van der Waals surface area contributed by atoms with Gasteiger partial charge in [0.15, 0.2) is 0 Å². The zero-order valence-electron chi connectivity index (χ0n) is 6.44. The molecule has 0 heterocycles. The Kier molecular flexibility index (Phi) is 4.60. The van der Waals surface area contributed by atoms with E-state index >= 15 is 0 Å². The van der Waals surface area contributed by atoms with Crippen molar-refractivity contribution in [2.45, 2.75) is 13.8 Å². The molecule has 11 heavy (non-hydrogen) atoms. The molecule has 0 aromatic carbocycles. The highest BCUT2D eigenvalue weighted by Gasteiger charge is 2.05. The van der Waals surface area contributed by atoms with Crippen LogP contribution in [0.1, 0.15) is 13.8 Å². The lowest BCUT2D eigenvalue weighted by Crippen LogP contribution is -2.05. The Balaban J connectivity index is 4.28. The van der Waals surface area contributed by atoms with Crippen molar-refractivity contribution in [2.75, 3.05) is 6.61 Å². The quantitative estimate of drug-likeness (QED) is 0.205. The van der Waals surface area contributed by atoms with Crippen LogP contribution in [0.25, 0.3) is 10.4 Å². The summed E-state index contributed by atoms with van der Waals surface area (Å²) in [6.07, 6.45) is 1.40. The van der Waals surface area contributed by atoms with Gasteiger partial charge in [0, 0.05) is 4.91 Å². The molecule has 0 amide bonds. The van der Waals surface area contributed by atoms with Crippen LogP contribution in [-0.4, -0.2) is 12.6 Å². The molecule has 0 saturated carbocycles. The Morgan fingerprint density at radius 2 is 2.45 bits per heavy atom. The molecular formula is C6H9N3O2. The van der Waals surface area contributed by atoms with Gasteiger partial charge < -0.3 is 4.74 Å². The summed E-state index contributed by atoms with van der Waals surface area (Å²) in [5.41, 5.74) is 7.99. The van der Waals surface area contributed by atoms with E-state index in [0.29, 0.717) is 0 Å². The van der Waals surface area contributed by atoms with Gasteiger partial charge in [0.05, 0.1) is 6.61 Å². The van der Waals surface area contributed by atoms with Gasteiger partial charge in [0.25, 0.3) is 0 Å². The van der Waals surface area contributed by atoms with Crippen LogP contribution in [0.4, 0.5) is 0 Å². The molecule has 0 N–H and O–H groups in total. The first-order chi connectivity index (χ1) is 5.26. The highest BCUT2D eigenvalue weighted by Crippen LogP contribution is 1.99. The normalized spacial score (nSPS) is 10.2. The Bertz CT molecular complexity index is 216. The summed E-state index contributed by atoms with van der Waals surface area (Å²) in [5, 5.41) is 3.13. The molecule has 0 radical (unpaired) electrons. The molecule has 0 aliphatic rings. The molecule has 0 aromatic rings. The summed E-state index contributed by atoms with van der Waals surface area (Å²) in [7, 11) is 0. The molecule has 0 spiro atoms. The number of nitrogens with zero attached hydrogens (tertiary/aromatic N) is 3. The minimum atomic E-state index is -0.590. The molecule has 0 aromatic heterocycles. The maximum absolute atomic E-state index is 10.8. The lowest BCUT2D eigenvalue weighted by molar-refractivity contribution is -0.138. The van der Waals surface area contributed by atoms with Crippen molar-refractivity contribution < 1.29 is 9.53 Å². The topological polar surface area (TPSA) is 75.1 Å². The maximum Gasteiger partial charge on any atom is 0.340 e. The van der Waals surface area contributed by atoms with E-state index in [2.05, 4.69) is 14.8 Å². The lowest BCUT2D eigenvalue weighted by atomic mass is 10.4. The average Bonchev–Trinajstić information content (AvgIpc) is 2.00. The number of hydrogen-bond donors (Lipinski definition) is 0. The van der Waals surface area contributed by atoms with Crippen LogP contribution in [0.2, 0.25) is 0 Å². The summed E-state index contributed by atoms with van der Waals surface area (Å²) in [4.78, 5) is 13.3. The third-order valence-electron chi connectivity index (χ3n) is 0.910. The Labute approximate surface area is 64.3 Å². The summed E-state index contributed by atoms with van der Waals surface area (Å²) in [6, 6.07) is 0. The van der Waals surface area contributed by atoms with Crippen molar-refractivity contribution in [3.05, 3.63) is 22.2 Å². The van der Waals surface area contributed by atoms with Crippen molar-refractivity contribution in [1.29, 1.82) is 0 Å². The summed E-state index contributed by atoms with van der Waals surface area (Å²) >= 11 is 0. The summed E-state index contributed by atoms with van der Waals surface area (Å²) in [5.74, 6) is -0.590. The van der Waals surface area contributed by atoms with Crippen molar-refractivity contribution in [3.8, 4) is 0 Å². The molecule has 60 valence electrons. The van der Waals surface area contributed by atoms with Crippen LogP contribution in [-0.2, 0) is 9.53 Å². The van der Waals surface area contributed by atoms with Gasteiger partial charge in [-0.25, -0.2) is 4.79 Å². The Morgan fingerprint density at radius 1 is 1.82 bits per heavy atom. The van der Waals surface area contributed by atoms with Crippen molar-refractivity contribution in [1.82, 2.24) is 0 Å². The number of allylic oxidation sites excluding steroid dienone is 1. The van der Waals surface area contributed by atoms with E-state index in [-0.39, 0.29) is 12.3 Å². The van der Waals surface area contributed by atoms with E-state index in [4.69, 9.17) is 5.53 Å². The largest absolute Gasteiger partial charge is 0.462 e. The van der Waals surface area contributed by atoms with Crippen LogP contribution in [0, 0.1) is 0 Å². The minimum absolute atomic E-state index is 0.00523. The molecule has 0 aliphatic carbocycles. The van der Waals surface area contributed by atoms with Crippen LogP contribution in [0.5, 0.6) is 0 Å². The average molecular weight is 155 g/mol. The number of carbonyl (C=O) groups excluding carboxylic acids is 1. The van der Waals surface area contributed by atoms with Crippen molar-refractivity contribution >= 4 is 5.97 Å². The van der Waals surface area contributed by atoms with E-state index in [9.17, 15) is 4.79 Å². The second-order valence-electron chi connectivity index (χ2n) is 1.58. The third-order valence-corrected chi connectivity index (χ3v) is 0.910. The first-order valence-corrected chi connectivity index (χ1v) is 3.14. The number of hydrogen-bond acceptors (Lipinski definition) is 3. The van der Waals surface area contributed by atoms with Gasteiger partial charge in [-0.3, -0.25) is 0 Å². The van der Waals surface area contributed by atoms with E-state index in [1.807, 2.05) is 0 Å². The van der Waals surface area contributed by atoms with Crippen LogP contribution in [0.15, 0.2) is 16.9 Å². The predicted octanol–water partition coefficient (Wildman–Crippen LogP) is 1.76. The lowest BCUT2D eigenvalue weighted by Gasteiger charge is -1.98. The van der Waals surface area contributed by atoms with E-state index in [0.717, 1.165) is 0 Å². The second-order valence-corrected chi connectivity index (χ2v) is 1.58. The maximum atomic E-state index is 10.8. The summed E-state index contributed by atoms with van der Waals surface area (Å²) < 4.78 is 4.58. The zero-order valence-corrected chi connectivity index (χ0v) is 6.44. The third kappa shape index (κ3) is 3.27. The van der Waals surface area contributed by atoms with Crippen LogP contribution >= 0.6 is 0 Å². The van der Waals surface area contributed by atoms with Gasteiger partial charge >= 0.3 is 5.97 Å². The SMILES string of the molecule is C/C=C(\N=[N+]=[N-])C(=O)OCC. The predicted molar refractivity (Wildman–Crippen MR) is 39.5 cm³/mol. The van der Waals surface area contributed by atoms with E-state index in [1.54, 1.807) is 13.8 Å². The fraction of sp³-hybridized carbons (Fsp3) is 0.500. The van der Waals surface area contributed by atoms with Crippen molar-refractivity contribution in [3.63, 3.8) is 0 Å². The van der Waals surface area contributed by atoms with Gasteiger partial charge in [-0.15, -0.1) is 0 Å². The number of rotatable bonds is 3. The van der Waals surface area contributed by atoms with E-state index in [1.165, 1.54) is 6.08 Å². The second kappa shape index (κ2) is 5.32. The molecule has 0 rings (SSSR count). The smallest absolute Gasteiger partial charge is 0.340 e. The number of ether oxygens (including phenoxy) is 1. The molecular weight excluding hydrogens is 146 g/mol. The minimum Gasteiger partial charge on any atom is -0.462 e. The first kappa shape index (κ1) is 9.52.